The summed E-state index contributed by atoms with van der Waals surface area (Å²) < 4.78 is 34.2. The molecule has 1 aliphatic rings. The molecular formula is C23H23ClN6O4S2. The third kappa shape index (κ3) is 5.36. The average Bonchev–Trinajstić information content (AvgIpc) is 3.48. The third-order valence-corrected chi connectivity index (χ3v) is 8.86. The average molecular weight is 547 g/mol. The van der Waals surface area contributed by atoms with E-state index in [9.17, 15) is 13.2 Å². The molecule has 1 fully saturated rings. The van der Waals surface area contributed by atoms with Crippen LogP contribution < -0.4 is 10.0 Å². The monoisotopic (exact) mass is 546 g/mol. The SMILES string of the molecule is COCC[C@@H](NC(=O)c1ncc(-c2cnn3ccc(Cl)cc23)s1)c1cc(NS(=O)(=O)C2CC2)ccn1. The smallest absolute Gasteiger partial charge is 0.280 e. The number of methoxy groups -OCH3 is 1. The maximum absolute atomic E-state index is 13.1. The molecule has 0 radical (unpaired) electrons. The molecule has 0 aromatic carbocycles. The quantitative estimate of drug-likeness (QED) is 0.308. The van der Waals surface area contributed by atoms with E-state index in [0.717, 1.165) is 16.0 Å². The number of thiazole rings is 1. The number of halogens is 1. The summed E-state index contributed by atoms with van der Waals surface area (Å²) >= 11 is 7.38. The lowest BCUT2D eigenvalue weighted by atomic mass is 10.1. The molecule has 4 aromatic rings. The summed E-state index contributed by atoms with van der Waals surface area (Å²) in [6.07, 6.45) is 8.40. The maximum Gasteiger partial charge on any atom is 0.280 e. The molecule has 0 unspecified atom stereocenters. The maximum atomic E-state index is 13.1. The van der Waals surface area contributed by atoms with Crippen molar-refractivity contribution in [2.75, 3.05) is 18.4 Å². The number of anilines is 1. The van der Waals surface area contributed by atoms with E-state index in [1.165, 1.54) is 17.5 Å². The standard InChI is InChI=1S/C23H23ClN6O4S2/c1-34-9-6-18(19-11-15(4-7-25-19)29-36(32,33)16-2-3-16)28-22(31)23-26-13-21(35-23)17-12-27-30-8-5-14(24)10-20(17)30/h4-5,7-8,10-13,16,18H,2-3,6,9H2,1H3,(H,25,29)(H,28,31)/t18-/m1/s1. The van der Waals surface area contributed by atoms with Crippen molar-refractivity contribution in [3.8, 4) is 10.4 Å². The molecule has 1 amide bonds. The van der Waals surface area contributed by atoms with E-state index in [1.54, 1.807) is 54.5 Å². The Morgan fingerprint density at radius 1 is 1.28 bits per heavy atom. The molecule has 1 atom stereocenters. The number of fused-ring (bicyclic) bond motifs is 1. The summed E-state index contributed by atoms with van der Waals surface area (Å²) in [7, 11) is -1.84. The zero-order valence-electron chi connectivity index (χ0n) is 19.2. The van der Waals surface area contributed by atoms with Crippen LogP contribution in [0.2, 0.25) is 5.02 Å². The second-order valence-electron chi connectivity index (χ2n) is 8.39. The normalized spacial score (nSPS) is 14.6. The van der Waals surface area contributed by atoms with Gasteiger partial charge in [0.2, 0.25) is 10.0 Å². The van der Waals surface area contributed by atoms with Crippen molar-refractivity contribution in [3.05, 3.63) is 64.8 Å². The van der Waals surface area contributed by atoms with Gasteiger partial charge in [0.25, 0.3) is 5.91 Å². The molecule has 0 bridgehead atoms. The van der Waals surface area contributed by atoms with Crippen molar-refractivity contribution < 1.29 is 17.9 Å². The predicted octanol–water partition coefficient (Wildman–Crippen LogP) is 3.92. The molecule has 188 valence electrons. The van der Waals surface area contributed by atoms with Crippen LogP contribution in [0.15, 0.2) is 49.1 Å². The summed E-state index contributed by atoms with van der Waals surface area (Å²) in [6.45, 7) is 0.372. The van der Waals surface area contributed by atoms with E-state index in [4.69, 9.17) is 16.3 Å². The first-order valence-corrected chi connectivity index (χ1v) is 13.9. The first-order valence-electron chi connectivity index (χ1n) is 11.2. The number of sulfonamides is 1. The van der Waals surface area contributed by atoms with Crippen LogP contribution in [-0.4, -0.2) is 52.9 Å². The van der Waals surface area contributed by atoms with Crippen LogP contribution in [0, 0.1) is 0 Å². The van der Waals surface area contributed by atoms with Gasteiger partial charge < -0.3 is 10.1 Å². The number of pyridine rings is 2. The number of carbonyl (C=O) groups excluding carboxylic acids is 1. The van der Waals surface area contributed by atoms with E-state index in [0.29, 0.717) is 42.3 Å². The fourth-order valence-corrected chi connectivity index (χ4v) is 6.10. The molecule has 5 rings (SSSR count). The van der Waals surface area contributed by atoms with E-state index < -0.39 is 16.1 Å². The van der Waals surface area contributed by atoms with Gasteiger partial charge in [0, 0.05) is 42.9 Å². The molecule has 1 saturated carbocycles. The van der Waals surface area contributed by atoms with Crippen molar-refractivity contribution in [2.45, 2.75) is 30.6 Å². The Morgan fingerprint density at radius 2 is 2.11 bits per heavy atom. The van der Waals surface area contributed by atoms with Gasteiger partial charge in [-0.25, -0.2) is 17.9 Å². The fourth-order valence-electron chi connectivity index (χ4n) is 3.73. The molecule has 36 heavy (non-hydrogen) atoms. The second-order valence-corrected chi connectivity index (χ2v) is 11.8. The topological polar surface area (TPSA) is 128 Å². The Bertz CT molecular complexity index is 1520. The van der Waals surface area contributed by atoms with Crippen LogP contribution in [0.5, 0.6) is 0 Å². The first-order chi connectivity index (χ1) is 17.3. The summed E-state index contributed by atoms with van der Waals surface area (Å²) in [5.41, 5.74) is 2.56. The minimum Gasteiger partial charge on any atom is -0.385 e. The van der Waals surface area contributed by atoms with Gasteiger partial charge in [-0.05, 0) is 43.5 Å². The molecule has 4 aromatic heterocycles. The van der Waals surface area contributed by atoms with Gasteiger partial charge in [-0.15, -0.1) is 11.3 Å². The first kappa shape index (κ1) is 24.6. The van der Waals surface area contributed by atoms with E-state index >= 15 is 0 Å². The molecular weight excluding hydrogens is 524 g/mol. The van der Waals surface area contributed by atoms with Crippen LogP contribution >= 0.6 is 22.9 Å². The summed E-state index contributed by atoms with van der Waals surface area (Å²) in [5, 5.41) is 7.80. The lowest BCUT2D eigenvalue weighted by molar-refractivity contribution is 0.0923. The van der Waals surface area contributed by atoms with Crippen molar-refractivity contribution in [2.24, 2.45) is 0 Å². The van der Waals surface area contributed by atoms with Crippen molar-refractivity contribution in [1.82, 2.24) is 24.9 Å². The lowest BCUT2D eigenvalue weighted by Gasteiger charge is -2.18. The summed E-state index contributed by atoms with van der Waals surface area (Å²) in [4.78, 5) is 22.6. The number of hydrogen-bond acceptors (Lipinski definition) is 8. The highest BCUT2D eigenvalue weighted by Gasteiger charge is 2.35. The van der Waals surface area contributed by atoms with Crippen LogP contribution in [0.1, 0.15) is 40.8 Å². The van der Waals surface area contributed by atoms with Gasteiger partial charge in [-0.1, -0.05) is 11.6 Å². The van der Waals surface area contributed by atoms with Gasteiger partial charge in [-0.2, -0.15) is 5.10 Å². The number of amides is 1. The number of rotatable bonds is 10. The van der Waals surface area contributed by atoms with Crippen LogP contribution in [0.3, 0.4) is 0 Å². The Kier molecular flexibility index (Phi) is 6.93. The Hall–Kier alpha value is -3.06. The number of carbonyl (C=O) groups is 1. The van der Waals surface area contributed by atoms with Crippen molar-refractivity contribution >= 4 is 50.1 Å². The molecule has 2 N–H and O–H groups in total. The van der Waals surface area contributed by atoms with Crippen LogP contribution in [-0.2, 0) is 14.8 Å². The van der Waals surface area contributed by atoms with Gasteiger partial charge in [-0.3, -0.25) is 14.5 Å². The zero-order chi connectivity index (χ0) is 25.3. The highest BCUT2D eigenvalue weighted by molar-refractivity contribution is 7.93. The fraction of sp³-hybridized carbons (Fsp3) is 0.304. The van der Waals surface area contributed by atoms with Crippen LogP contribution in [0.4, 0.5) is 5.69 Å². The second kappa shape index (κ2) is 10.1. The van der Waals surface area contributed by atoms with Gasteiger partial charge in [0.1, 0.15) is 0 Å². The van der Waals surface area contributed by atoms with Gasteiger partial charge in [0.15, 0.2) is 5.01 Å². The number of ether oxygens (including phenoxy) is 1. The number of hydrogen-bond donors (Lipinski definition) is 2. The van der Waals surface area contributed by atoms with Crippen molar-refractivity contribution in [3.63, 3.8) is 0 Å². The Labute approximate surface area is 216 Å². The molecule has 0 saturated heterocycles. The molecule has 13 heteroatoms. The highest BCUT2D eigenvalue weighted by atomic mass is 35.5. The third-order valence-electron chi connectivity index (χ3n) is 5.73. The minimum absolute atomic E-state index is 0.277. The number of nitrogens with zero attached hydrogens (tertiary/aromatic N) is 4. The molecule has 10 nitrogen and oxygen atoms in total. The molecule has 0 spiro atoms. The zero-order valence-corrected chi connectivity index (χ0v) is 21.6. The largest absolute Gasteiger partial charge is 0.385 e. The Morgan fingerprint density at radius 3 is 2.89 bits per heavy atom. The predicted molar refractivity (Wildman–Crippen MR) is 138 cm³/mol. The number of aromatic nitrogens is 4. The number of nitrogens with one attached hydrogen (secondary N) is 2. The van der Waals surface area contributed by atoms with Gasteiger partial charge in [0.05, 0.1) is 39.3 Å². The summed E-state index contributed by atoms with van der Waals surface area (Å²) in [6, 6.07) is 6.27. The minimum atomic E-state index is -3.42. The van der Waals surface area contributed by atoms with E-state index in [2.05, 4.69) is 25.1 Å². The van der Waals surface area contributed by atoms with Crippen LogP contribution in [0.25, 0.3) is 16.0 Å². The van der Waals surface area contributed by atoms with E-state index in [-0.39, 0.29) is 16.2 Å². The van der Waals surface area contributed by atoms with Gasteiger partial charge >= 0.3 is 0 Å². The van der Waals surface area contributed by atoms with E-state index in [1.807, 2.05) is 0 Å². The highest BCUT2D eigenvalue weighted by Crippen LogP contribution is 2.32. The molecule has 4 heterocycles. The lowest BCUT2D eigenvalue weighted by Crippen LogP contribution is -2.30. The van der Waals surface area contributed by atoms with Crippen molar-refractivity contribution in [1.29, 1.82) is 0 Å². The summed E-state index contributed by atoms with van der Waals surface area (Å²) in [5.74, 6) is -0.368. The molecule has 0 aliphatic heterocycles. The Balaban J connectivity index is 1.35. The molecule has 1 aliphatic carbocycles.